The van der Waals surface area contributed by atoms with E-state index in [1.165, 1.54) is 10.4 Å². The highest BCUT2D eigenvalue weighted by Crippen LogP contribution is 2.28. The zero-order valence-electron chi connectivity index (χ0n) is 15.7. The molecule has 28 heavy (non-hydrogen) atoms. The average molecular weight is 440 g/mol. The minimum Gasteiger partial charge on any atom is -0.379 e. The summed E-state index contributed by atoms with van der Waals surface area (Å²) in [6.45, 7) is 5.39. The minimum absolute atomic E-state index is 0.0512. The molecule has 1 fully saturated rings. The van der Waals surface area contributed by atoms with Crippen molar-refractivity contribution in [1.82, 2.24) is 4.31 Å². The number of rotatable bonds is 4. The van der Waals surface area contributed by atoms with Crippen LogP contribution in [-0.2, 0) is 14.8 Å². The molecule has 1 saturated heterocycles. The molecule has 150 valence electrons. The lowest BCUT2D eigenvalue weighted by Crippen LogP contribution is -2.40. The van der Waals surface area contributed by atoms with Gasteiger partial charge < -0.3 is 15.4 Å². The second kappa shape index (κ2) is 8.75. The van der Waals surface area contributed by atoms with Gasteiger partial charge in [0.2, 0.25) is 10.0 Å². The summed E-state index contributed by atoms with van der Waals surface area (Å²) in [6.07, 6.45) is 0. The van der Waals surface area contributed by atoms with Gasteiger partial charge in [-0.2, -0.15) is 4.31 Å². The first-order valence-electron chi connectivity index (χ1n) is 8.79. The SMILES string of the molecule is Cc1cc(C)cc(NC(=S)Nc2ccc(Cl)c(S(=O)(=O)N3CCOCC3)c2)c1. The summed E-state index contributed by atoms with van der Waals surface area (Å²) in [6, 6.07) is 10.8. The van der Waals surface area contributed by atoms with Crippen LogP contribution in [0.4, 0.5) is 11.4 Å². The maximum absolute atomic E-state index is 12.9. The lowest BCUT2D eigenvalue weighted by molar-refractivity contribution is 0.0730. The number of nitrogens with one attached hydrogen (secondary N) is 2. The Kier molecular flexibility index (Phi) is 6.57. The van der Waals surface area contributed by atoms with Crippen LogP contribution in [0.1, 0.15) is 11.1 Å². The van der Waals surface area contributed by atoms with Crippen molar-refractivity contribution >= 4 is 50.3 Å². The number of thiocarbonyl (C=S) groups is 1. The van der Waals surface area contributed by atoms with Crippen LogP contribution in [0.15, 0.2) is 41.3 Å². The van der Waals surface area contributed by atoms with E-state index in [0.717, 1.165) is 16.8 Å². The topological polar surface area (TPSA) is 70.7 Å². The first-order valence-corrected chi connectivity index (χ1v) is 11.0. The Morgan fingerprint density at radius 3 is 2.29 bits per heavy atom. The molecule has 0 amide bonds. The number of nitrogens with zero attached hydrogens (tertiary/aromatic N) is 1. The number of hydrogen-bond acceptors (Lipinski definition) is 4. The molecule has 2 aromatic rings. The number of benzene rings is 2. The van der Waals surface area contributed by atoms with E-state index >= 15 is 0 Å². The van der Waals surface area contributed by atoms with Crippen molar-refractivity contribution < 1.29 is 13.2 Å². The third-order valence-electron chi connectivity index (χ3n) is 4.26. The molecular weight excluding hydrogens is 418 g/mol. The molecule has 0 aromatic heterocycles. The van der Waals surface area contributed by atoms with Crippen molar-refractivity contribution in [2.45, 2.75) is 18.7 Å². The summed E-state index contributed by atoms with van der Waals surface area (Å²) < 4.78 is 32.5. The predicted octanol–water partition coefficient (Wildman–Crippen LogP) is 3.79. The van der Waals surface area contributed by atoms with Crippen LogP contribution in [0.3, 0.4) is 0 Å². The highest BCUT2D eigenvalue weighted by Gasteiger charge is 2.28. The number of hydrogen-bond donors (Lipinski definition) is 2. The van der Waals surface area contributed by atoms with E-state index in [9.17, 15) is 8.42 Å². The van der Waals surface area contributed by atoms with Crippen molar-refractivity contribution in [3.8, 4) is 0 Å². The Hall–Kier alpha value is -1.71. The first-order chi connectivity index (χ1) is 13.3. The third kappa shape index (κ3) is 5.01. The average Bonchev–Trinajstić information content (AvgIpc) is 2.63. The minimum atomic E-state index is -3.70. The van der Waals surface area contributed by atoms with Crippen LogP contribution >= 0.6 is 23.8 Å². The van der Waals surface area contributed by atoms with E-state index in [1.807, 2.05) is 26.0 Å². The highest BCUT2D eigenvalue weighted by atomic mass is 35.5. The quantitative estimate of drug-likeness (QED) is 0.706. The predicted molar refractivity (Wildman–Crippen MR) is 117 cm³/mol. The van der Waals surface area contributed by atoms with Gasteiger partial charge >= 0.3 is 0 Å². The molecule has 0 unspecified atom stereocenters. The van der Waals surface area contributed by atoms with Crippen molar-refractivity contribution in [2.24, 2.45) is 0 Å². The number of morpholine rings is 1. The molecule has 0 atom stereocenters. The molecular formula is C19H22ClN3O3S2. The van der Waals surface area contributed by atoms with Gasteiger partial charge in [-0.25, -0.2) is 8.42 Å². The maximum Gasteiger partial charge on any atom is 0.244 e. The zero-order valence-corrected chi connectivity index (χ0v) is 18.0. The fourth-order valence-corrected chi connectivity index (χ4v) is 5.19. The van der Waals surface area contributed by atoms with E-state index in [0.29, 0.717) is 37.1 Å². The Morgan fingerprint density at radius 1 is 1.04 bits per heavy atom. The Balaban J connectivity index is 1.78. The van der Waals surface area contributed by atoms with Crippen molar-refractivity contribution in [2.75, 3.05) is 36.9 Å². The summed E-state index contributed by atoms with van der Waals surface area (Å²) in [7, 11) is -3.70. The maximum atomic E-state index is 12.9. The Labute approximate surface area is 175 Å². The molecule has 1 aliphatic heterocycles. The summed E-state index contributed by atoms with van der Waals surface area (Å²) in [5.74, 6) is 0. The van der Waals surface area contributed by atoms with Gasteiger partial charge in [0.1, 0.15) is 4.90 Å². The van der Waals surface area contributed by atoms with Crippen molar-refractivity contribution in [3.63, 3.8) is 0 Å². The Bertz CT molecular complexity index is 970. The Morgan fingerprint density at radius 2 is 1.64 bits per heavy atom. The van der Waals surface area contributed by atoms with E-state index < -0.39 is 10.0 Å². The summed E-state index contributed by atoms with van der Waals surface area (Å²) in [4.78, 5) is 0.0512. The molecule has 9 heteroatoms. The van der Waals surface area contributed by atoms with Crippen LogP contribution in [-0.4, -0.2) is 44.1 Å². The summed E-state index contributed by atoms with van der Waals surface area (Å²) in [5, 5.41) is 6.68. The number of anilines is 2. The molecule has 6 nitrogen and oxygen atoms in total. The van der Waals surface area contributed by atoms with E-state index in [-0.39, 0.29) is 9.92 Å². The van der Waals surface area contributed by atoms with Crippen molar-refractivity contribution in [1.29, 1.82) is 0 Å². The summed E-state index contributed by atoms with van der Waals surface area (Å²) >= 11 is 11.6. The second-order valence-corrected chi connectivity index (χ2v) is 9.34. The van der Waals surface area contributed by atoms with Crippen LogP contribution in [0.25, 0.3) is 0 Å². The molecule has 0 bridgehead atoms. The number of ether oxygens (including phenoxy) is 1. The molecule has 1 aliphatic rings. The number of halogens is 1. The van der Waals surface area contributed by atoms with Gasteiger partial charge in [0.15, 0.2) is 5.11 Å². The van der Waals surface area contributed by atoms with Crippen LogP contribution in [0.2, 0.25) is 5.02 Å². The van der Waals surface area contributed by atoms with Gasteiger partial charge in [0.05, 0.1) is 18.2 Å². The molecule has 0 spiro atoms. The second-order valence-electron chi connectivity index (χ2n) is 6.62. The lowest BCUT2D eigenvalue weighted by atomic mass is 10.1. The van der Waals surface area contributed by atoms with Gasteiger partial charge in [-0.15, -0.1) is 0 Å². The number of sulfonamides is 1. The van der Waals surface area contributed by atoms with Gasteiger partial charge in [0.25, 0.3) is 0 Å². The normalized spacial score (nSPS) is 15.2. The van der Waals surface area contributed by atoms with E-state index in [1.54, 1.807) is 12.1 Å². The number of aryl methyl sites for hydroxylation is 2. The first kappa shape index (κ1) is 21.0. The largest absolute Gasteiger partial charge is 0.379 e. The van der Waals surface area contributed by atoms with Crippen LogP contribution in [0.5, 0.6) is 0 Å². The summed E-state index contributed by atoms with van der Waals surface area (Å²) in [5.41, 5.74) is 3.65. The standard InChI is InChI=1S/C19H22ClN3O3S2/c1-13-9-14(2)11-16(10-13)22-19(27)21-15-3-4-17(20)18(12-15)28(24,25)23-5-7-26-8-6-23/h3-4,9-12H,5-8H2,1-2H3,(H2,21,22,27). The monoisotopic (exact) mass is 439 g/mol. The molecule has 2 aromatic carbocycles. The van der Waals surface area contributed by atoms with Gasteiger partial charge in [-0.1, -0.05) is 17.7 Å². The third-order valence-corrected chi connectivity index (χ3v) is 6.84. The molecule has 1 heterocycles. The molecule has 0 radical (unpaired) electrons. The van der Waals surface area contributed by atoms with Gasteiger partial charge in [-0.3, -0.25) is 0 Å². The smallest absolute Gasteiger partial charge is 0.244 e. The molecule has 0 aliphatic carbocycles. The fourth-order valence-electron chi connectivity index (χ4n) is 3.05. The molecule has 3 rings (SSSR count). The van der Waals surface area contributed by atoms with E-state index in [2.05, 4.69) is 16.7 Å². The van der Waals surface area contributed by atoms with Crippen molar-refractivity contribution in [3.05, 3.63) is 52.5 Å². The van der Waals surface area contributed by atoms with Crippen LogP contribution < -0.4 is 10.6 Å². The zero-order chi connectivity index (χ0) is 20.3. The highest BCUT2D eigenvalue weighted by molar-refractivity contribution is 7.89. The molecule has 2 N–H and O–H groups in total. The van der Waals surface area contributed by atoms with E-state index in [4.69, 9.17) is 28.6 Å². The lowest BCUT2D eigenvalue weighted by Gasteiger charge is -2.26. The molecule has 0 saturated carbocycles. The van der Waals surface area contributed by atoms with Gasteiger partial charge in [0, 0.05) is 24.5 Å². The fraction of sp³-hybridized carbons (Fsp3) is 0.316. The van der Waals surface area contributed by atoms with Crippen LogP contribution in [0, 0.1) is 13.8 Å². The van der Waals surface area contributed by atoms with Gasteiger partial charge in [-0.05, 0) is 67.5 Å².